The summed E-state index contributed by atoms with van der Waals surface area (Å²) in [6, 6.07) is 4.60. The molecule has 1 amide bonds. The van der Waals surface area contributed by atoms with Crippen molar-refractivity contribution in [2.24, 2.45) is 0 Å². The third-order valence-electron chi connectivity index (χ3n) is 2.75. The van der Waals surface area contributed by atoms with E-state index in [-0.39, 0.29) is 11.7 Å². The van der Waals surface area contributed by atoms with Gasteiger partial charge in [0.05, 0.1) is 5.41 Å². The van der Waals surface area contributed by atoms with E-state index in [1.54, 1.807) is 19.9 Å². The Balaban J connectivity index is 2.61. The van der Waals surface area contributed by atoms with E-state index < -0.39 is 5.41 Å². The van der Waals surface area contributed by atoms with Crippen molar-refractivity contribution < 1.29 is 9.18 Å². The van der Waals surface area contributed by atoms with Crippen LogP contribution in [-0.2, 0) is 16.8 Å². The molecule has 14 heavy (non-hydrogen) atoms. The fraction of sp³-hybridized carbons (Fsp3) is 0.364. The van der Waals surface area contributed by atoms with E-state index in [1.807, 2.05) is 0 Å². The van der Waals surface area contributed by atoms with Crippen molar-refractivity contribution in [2.45, 2.75) is 25.8 Å². The predicted octanol–water partition coefficient (Wildman–Crippen LogP) is 1.73. The Labute approximate surface area is 82.1 Å². The van der Waals surface area contributed by atoms with Crippen LogP contribution in [-0.4, -0.2) is 5.91 Å². The van der Waals surface area contributed by atoms with Crippen LogP contribution in [0.3, 0.4) is 0 Å². The normalized spacial score (nSPS) is 18.6. The van der Waals surface area contributed by atoms with Crippen molar-refractivity contribution in [1.82, 2.24) is 5.32 Å². The molecule has 0 spiro atoms. The SMILES string of the molecule is CC1(C)C(=O)NCc2ccc(F)cc21. The molecule has 0 saturated carbocycles. The van der Waals surface area contributed by atoms with Gasteiger partial charge in [-0.1, -0.05) is 6.07 Å². The van der Waals surface area contributed by atoms with E-state index >= 15 is 0 Å². The molecule has 0 atom stereocenters. The van der Waals surface area contributed by atoms with E-state index in [9.17, 15) is 9.18 Å². The van der Waals surface area contributed by atoms with Gasteiger partial charge in [-0.25, -0.2) is 4.39 Å². The zero-order chi connectivity index (χ0) is 10.3. The Hall–Kier alpha value is -1.38. The summed E-state index contributed by atoms with van der Waals surface area (Å²) >= 11 is 0. The highest BCUT2D eigenvalue weighted by molar-refractivity contribution is 5.89. The molecule has 1 N–H and O–H groups in total. The second-order valence-electron chi connectivity index (χ2n) is 4.11. The van der Waals surface area contributed by atoms with Crippen LogP contribution in [0.5, 0.6) is 0 Å². The number of amides is 1. The number of rotatable bonds is 0. The highest BCUT2D eigenvalue weighted by atomic mass is 19.1. The Morgan fingerprint density at radius 2 is 2.14 bits per heavy atom. The molecule has 1 heterocycles. The Kier molecular flexibility index (Phi) is 1.84. The summed E-state index contributed by atoms with van der Waals surface area (Å²) in [5, 5.41) is 2.79. The maximum absolute atomic E-state index is 13.0. The van der Waals surface area contributed by atoms with Crippen molar-refractivity contribution in [2.75, 3.05) is 0 Å². The van der Waals surface area contributed by atoms with Gasteiger partial charge in [-0.3, -0.25) is 4.79 Å². The Morgan fingerprint density at radius 3 is 2.86 bits per heavy atom. The molecular weight excluding hydrogens is 181 g/mol. The fourth-order valence-corrected chi connectivity index (χ4v) is 1.80. The minimum atomic E-state index is -0.629. The minimum absolute atomic E-state index is 0.0457. The van der Waals surface area contributed by atoms with Crippen LogP contribution in [0.1, 0.15) is 25.0 Å². The summed E-state index contributed by atoms with van der Waals surface area (Å²) in [6.45, 7) is 4.11. The van der Waals surface area contributed by atoms with E-state index in [0.29, 0.717) is 6.54 Å². The topological polar surface area (TPSA) is 29.1 Å². The maximum Gasteiger partial charge on any atom is 0.230 e. The maximum atomic E-state index is 13.0. The Bertz CT molecular complexity index is 398. The van der Waals surface area contributed by atoms with Gasteiger partial charge in [0.2, 0.25) is 5.91 Å². The third kappa shape index (κ3) is 1.20. The van der Waals surface area contributed by atoms with Crippen molar-refractivity contribution in [3.63, 3.8) is 0 Å². The molecule has 3 heteroatoms. The van der Waals surface area contributed by atoms with Crippen molar-refractivity contribution >= 4 is 5.91 Å². The standard InChI is InChI=1S/C11H12FNO/c1-11(2)9-5-8(12)4-3-7(9)6-13-10(11)14/h3-5H,6H2,1-2H3,(H,13,14). The highest BCUT2D eigenvalue weighted by Gasteiger charge is 2.35. The molecule has 0 bridgehead atoms. The largest absolute Gasteiger partial charge is 0.351 e. The van der Waals surface area contributed by atoms with Crippen molar-refractivity contribution in [1.29, 1.82) is 0 Å². The summed E-state index contributed by atoms with van der Waals surface area (Å²) in [5.41, 5.74) is 1.16. The molecule has 1 aliphatic heterocycles. The van der Waals surface area contributed by atoms with Gasteiger partial charge in [0, 0.05) is 6.54 Å². The molecule has 0 fully saturated rings. The van der Waals surface area contributed by atoms with Gasteiger partial charge in [0.25, 0.3) is 0 Å². The van der Waals surface area contributed by atoms with E-state index in [2.05, 4.69) is 5.32 Å². The molecule has 0 aliphatic carbocycles. The van der Waals surface area contributed by atoms with Gasteiger partial charge >= 0.3 is 0 Å². The number of halogens is 1. The summed E-state index contributed by atoms with van der Waals surface area (Å²) < 4.78 is 13.0. The van der Waals surface area contributed by atoms with Crippen LogP contribution in [0.4, 0.5) is 4.39 Å². The van der Waals surface area contributed by atoms with Crippen LogP contribution in [0, 0.1) is 5.82 Å². The first-order valence-electron chi connectivity index (χ1n) is 4.59. The quantitative estimate of drug-likeness (QED) is 0.668. The van der Waals surface area contributed by atoms with Crippen LogP contribution in [0.25, 0.3) is 0 Å². The molecule has 0 saturated heterocycles. The average molecular weight is 193 g/mol. The first-order chi connectivity index (χ1) is 6.51. The van der Waals surface area contributed by atoms with Crippen LogP contribution >= 0.6 is 0 Å². The van der Waals surface area contributed by atoms with E-state index in [4.69, 9.17) is 0 Å². The van der Waals surface area contributed by atoms with E-state index in [1.165, 1.54) is 12.1 Å². The molecule has 1 aliphatic rings. The molecule has 2 nitrogen and oxygen atoms in total. The zero-order valence-electron chi connectivity index (χ0n) is 8.23. The fourth-order valence-electron chi connectivity index (χ4n) is 1.80. The second-order valence-corrected chi connectivity index (χ2v) is 4.11. The van der Waals surface area contributed by atoms with Crippen LogP contribution in [0.15, 0.2) is 18.2 Å². The van der Waals surface area contributed by atoms with Crippen LogP contribution in [0.2, 0.25) is 0 Å². The number of carbonyl (C=O) groups is 1. The number of hydrogen-bond donors (Lipinski definition) is 1. The summed E-state index contributed by atoms with van der Waals surface area (Å²) in [4.78, 5) is 11.6. The van der Waals surface area contributed by atoms with Crippen molar-refractivity contribution in [3.05, 3.63) is 35.1 Å². The smallest absolute Gasteiger partial charge is 0.230 e. The lowest BCUT2D eigenvalue weighted by Gasteiger charge is -2.31. The first kappa shape index (κ1) is 9.19. The van der Waals surface area contributed by atoms with Gasteiger partial charge in [-0.05, 0) is 37.1 Å². The van der Waals surface area contributed by atoms with Gasteiger partial charge in [-0.15, -0.1) is 0 Å². The molecule has 0 radical (unpaired) electrons. The number of carbonyl (C=O) groups excluding carboxylic acids is 1. The van der Waals surface area contributed by atoms with Gasteiger partial charge in [0.15, 0.2) is 0 Å². The number of benzene rings is 1. The van der Waals surface area contributed by atoms with Gasteiger partial charge in [0.1, 0.15) is 5.82 Å². The lowest BCUT2D eigenvalue weighted by Crippen LogP contribution is -2.44. The number of nitrogens with one attached hydrogen (secondary N) is 1. The highest BCUT2D eigenvalue weighted by Crippen LogP contribution is 2.30. The zero-order valence-corrected chi connectivity index (χ0v) is 8.23. The number of fused-ring (bicyclic) bond motifs is 1. The average Bonchev–Trinajstić information content (AvgIpc) is 2.13. The van der Waals surface area contributed by atoms with E-state index in [0.717, 1.165) is 11.1 Å². The molecule has 74 valence electrons. The summed E-state index contributed by atoms with van der Waals surface area (Å²) in [6.07, 6.45) is 0. The predicted molar refractivity (Wildman–Crippen MR) is 51.3 cm³/mol. The monoisotopic (exact) mass is 193 g/mol. The molecule has 0 aromatic heterocycles. The first-order valence-corrected chi connectivity index (χ1v) is 4.59. The summed E-state index contributed by atoms with van der Waals surface area (Å²) in [5.74, 6) is -0.331. The lowest BCUT2D eigenvalue weighted by atomic mass is 9.78. The molecule has 2 rings (SSSR count). The second kappa shape index (κ2) is 2.80. The lowest BCUT2D eigenvalue weighted by molar-refractivity contribution is -0.126. The molecular formula is C11H12FNO. The van der Waals surface area contributed by atoms with Gasteiger partial charge in [-0.2, -0.15) is 0 Å². The van der Waals surface area contributed by atoms with Gasteiger partial charge < -0.3 is 5.32 Å². The number of hydrogen-bond acceptors (Lipinski definition) is 1. The molecule has 1 aromatic carbocycles. The third-order valence-corrected chi connectivity index (χ3v) is 2.75. The minimum Gasteiger partial charge on any atom is -0.351 e. The summed E-state index contributed by atoms with van der Waals surface area (Å²) in [7, 11) is 0. The van der Waals surface area contributed by atoms with Crippen LogP contribution < -0.4 is 5.32 Å². The molecule has 1 aromatic rings. The molecule has 0 unspecified atom stereocenters. The Morgan fingerprint density at radius 1 is 1.43 bits per heavy atom. The van der Waals surface area contributed by atoms with Crippen molar-refractivity contribution in [3.8, 4) is 0 Å².